The first-order valence-corrected chi connectivity index (χ1v) is 10.2. The Kier molecular flexibility index (Phi) is 7.75. The summed E-state index contributed by atoms with van der Waals surface area (Å²) in [6.45, 7) is 1.71. The van der Waals surface area contributed by atoms with E-state index in [2.05, 4.69) is 11.4 Å². The van der Waals surface area contributed by atoms with Crippen molar-refractivity contribution < 1.29 is 13.9 Å². The molecule has 28 heavy (non-hydrogen) atoms. The Labute approximate surface area is 171 Å². The number of rotatable bonds is 9. The predicted octanol–water partition coefficient (Wildman–Crippen LogP) is 6.05. The quantitative estimate of drug-likeness (QED) is 0.408. The van der Waals surface area contributed by atoms with E-state index in [0.717, 1.165) is 18.5 Å². The molecule has 0 aromatic heterocycles. The Hall–Kier alpha value is -2.04. The van der Waals surface area contributed by atoms with Crippen LogP contribution in [0.25, 0.3) is 0 Å². The van der Waals surface area contributed by atoms with Crippen LogP contribution in [0.4, 0.5) is 4.39 Å². The molecule has 0 aliphatic heterocycles. The molecule has 1 aliphatic rings. The zero-order valence-corrected chi connectivity index (χ0v) is 17.0. The summed E-state index contributed by atoms with van der Waals surface area (Å²) < 4.78 is 25.0. The average molecular weight is 404 g/mol. The summed E-state index contributed by atoms with van der Waals surface area (Å²) in [6, 6.07) is 10.2. The minimum Gasteiger partial charge on any atom is -0.493 e. The molecular weight excluding hydrogens is 377 g/mol. The van der Waals surface area contributed by atoms with Gasteiger partial charge in [0.2, 0.25) is 0 Å². The highest BCUT2D eigenvalue weighted by molar-refractivity contribution is 6.31. The molecular formula is C23H27ClFNO2. The lowest BCUT2D eigenvalue weighted by Gasteiger charge is -2.15. The van der Waals surface area contributed by atoms with Crippen molar-refractivity contribution in [2.24, 2.45) is 0 Å². The Bertz CT molecular complexity index is 822. The molecule has 0 bridgehead atoms. The van der Waals surface area contributed by atoms with Crippen molar-refractivity contribution in [2.45, 2.75) is 45.3 Å². The summed E-state index contributed by atoms with van der Waals surface area (Å²) in [5.41, 5.74) is 3.00. The summed E-state index contributed by atoms with van der Waals surface area (Å²) in [4.78, 5) is 0. The highest BCUT2D eigenvalue weighted by Gasteiger charge is 2.12. The lowest BCUT2D eigenvalue weighted by molar-refractivity contribution is 0.279. The molecule has 150 valence electrons. The lowest BCUT2D eigenvalue weighted by Crippen LogP contribution is -2.16. The van der Waals surface area contributed by atoms with Gasteiger partial charge in [0, 0.05) is 23.2 Å². The maximum absolute atomic E-state index is 13.8. The molecule has 0 heterocycles. The van der Waals surface area contributed by atoms with Crippen molar-refractivity contribution in [3.05, 3.63) is 70.0 Å². The molecule has 3 nitrogen and oxygen atoms in total. The molecule has 3 rings (SSSR count). The van der Waals surface area contributed by atoms with Crippen LogP contribution in [0.3, 0.4) is 0 Å². The Morgan fingerprint density at radius 2 is 1.96 bits per heavy atom. The number of benzene rings is 2. The SMILES string of the molecule is COc1cc(CNCCC2=CCCCC2)c(Cl)cc1OCc1ccccc1F. The van der Waals surface area contributed by atoms with E-state index in [4.69, 9.17) is 21.1 Å². The Balaban J connectivity index is 1.57. The fraction of sp³-hybridized carbons (Fsp3) is 0.391. The van der Waals surface area contributed by atoms with Crippen molar-refractivity contribution in [1.29, 1.82) is 0 Å². The minimum absolute atomic E-state index is 0.117. The third-order valence-electron chi connectivity index (χ3n) is 5.00. The van der Waals surface area contributed by atoms with E-state index in [-0.39, 0.29) is 12.4 Å². The molecule has 0 saturated carbocycles. The summed E-state index contributed by atoms with van der Waals surface area (Å²) in [7, 11) is 1.59. The maximum Gasteiger partial charge on any atom is 0.163 e. The van der Waals surface area contributed by atoms with Crippen LogP contribution in [0.15, 0.2) is 48.0 Å². The van der Waals surface area contributed by atoms with Gasteiger partial charge in [-0.2, -0.15) is 0 Å². The lowest BCUT2D eigenvalue weighted by atomic mass is 9.97. The highest BCUT2D eigenvalue weighted by atomic mass is 35.5. The highest BCUT2D eigenvalue weighted by Crippen LogP contribution is 2.34. The third kappa shape index (κ3) is 5.73. The van der Waals surface area contributed by atoms with E-state index >= 15 is 0 Å². The normalized spacial score (nSPS) is 13.9. The molecule has 0 fully saturated rings. The molecule has 0 amide bonds. The first kappa shape index (κ1) is 20.7. The van der Waals surface area contributed by atoms with Gasteiger partial charge in [0.15, 0.2) is 11.5 Å². The number of hydrogen-bond acceptors (Lipinski definition) is 3. The second kappa shape index (κ2) is 10.5. The molecule has 1 N–H and O–H groups in total. The van der Waals surface area contributed by atoms with Crippen molar-refractivity contribution in [3.63, 3.8) is 0 Å². The number of ether oxygens (including phenoxy) is 2. The standard InChI is InChI=1S/C23H27ClFNO2/c1-27-22-13-19(15-26-12-11-17-7-3-2-4-8-17)20(24)14-23(22)28-16-18-9-5-6-10-21(18)25/h5-7,9-10,13-14,26H,2-4,8,11-12,15-16H2,1H3. The van der Waals surface area contributed by atoms with Crippen LogP contribution in [0.1, 0.15) is 43.2 Å². The van der Waals surface area contributed by atoms with Crippen LogP contribution in [0, 0.1) is 5.82 Å². The zero-order chi connectivity index (χ0) is 19.8. The first-order chi connectivity index (χ1) is 13.7. The van der Waals surface area contributed by atoms with E-state index in [1.165, 1.54) is 31.7 Å². The number of nitrogens with one attached hydrogen (secondary N) is 1. The largest absolute Gasteiger partial charge is 0.493 e. The van der Waals surface area contributed by atoms with Gasteiger partial charge in [-0.15, -0.1) is 0 Å². The minimum atomic E-state index is -0.290. The van der Waals surface area contributed by atoms with E-state index in [1.54, 1.807) is 36.9 Å². The number of allylic oxidation sites excluding steroid dienone is 1. The van der Waals surface area contributed by atoms with Gasteiger partial charge < -0.3 is 14.8 Å². The van der Waals surface area contributed by atoms with Gasteiger partial charge in [0.05, 0.1) is 7.11 Å². The number of methoxy groups -OCH3 is 1. The van der Waals surface area contributed by atoms with Crippen molar-refractivity contribution in [2.75, 3.05) is 13.7 Å². The fourth-order valence-electron chi connectivity index (χ4n) is 3.36. The fourth-order valence-corrected chi connectivity index (χ4v) is 3.58. The van der Waals surface area contributed by atoms with Crippen molar-refractivity contribution in [1.82, 2.24) is 5.32 Å². The van der Waals surface area contributed by atoms with Gasteiger partial charge in [-0.3, -0.25) is 0 Å². The second-order valence-corrected chi connectivity index (χ2v) is 7.42. The maximum atomic E-state index is 13.8. The average Bonchev–Trinajstić information content (AvgIpc) is 2.72. The molecule has 0 radical (unpaired) electrons. The monoisotopic (exact) mass is 403 g/mol. The molecule has 0 spiro atoms. The molecule has 0 atom stereocenters. The van der Waals surface area contributed by atoms with E-state index < -0.39 is 0 Å². The third-order valence-corrected chi connectivity index (χ3v) is 5.35. The van der Waals surface area contributed by atoms with Crippen LogP contribution < -0.4 is 14.8 Å². The summed E-state index contributed by atoms with van der Waals surface area (Å²) in [6.07, 6.45) is 8.53. The van der Waals surface area contributed by atoms with Gasteiger partial charge in [-0.25, -0.2) is 4.39 Å². The van der Waals surface area contributed by atoms with Crippen molar-refractivity contribution >= 4 is 11.6 Å². The summed E-state index contributed by atoms with van der Waals surface area (Å²) in [5.74, 6) is 0.806. The predicted molar refractivity (Wildman–Crippen MR) is 112 cm³/mol. The summed E-state index contributed by atoms with van der Waals surface area (Å²) >= 11 is 6.44. The first-order valence-electron chi connectivity index (χ1n) is 9.78. The molecule has 0 saturated heterocycles. The van der Waals surface area contributed by atoms with E-state index in [0.29, 0.717) is 28.6 Å². The second-order valence-electron chi connectivity index (χ2n) is 7.01. The topological polar surface area (TPSA) is 30.5 Å². The van der Waals surface area contributed by atoms with Gasteiger partial charge in [0.25, 0.3) is 0 Å². The van der Waals surface area contributed by atoms with Crippen LogP contribution in [0.5, 0.6) is 11.5 Å². The van der Waals surface area contributed by atoms with Crippen LogP contribution in [-0.4, -0.2) is 13.7 Å². The molecule has 2 aromatic rings. The van der Waals surface area contributed by atoms with Crippen LogP contribution in [-0.2, 0) is 13.2 Å². The van der Waals surface area contributed by atoms with Crippen LogP contribution >= 0.6 is 11.6 Å². The van der Waals surface area contributed by atoms with Crippen molar-refractivity contribution in [3.8, 4) is 11.5 Å². The molecule has 5 heteroatoms. The van der Waals surface area contributed by atoms with Crippen LogP contribution in [0.2, 0.25) is 5.02 Å². The Morgan fingerprint density at radius 3 is 2.71 bits per heavy atom. The molecule has 0 unspecified atom stereocenters. The van der Waals surface area contributed by atoms with Gasteiger partial charge in [0.1, 0.15) is 12.4 Å². The van der Waals surface area contributed by atoms with Gasteiger partial charge in [-0.05, 0) is 56.3 Å². The van der Waals surface area contributed by atoms with E-state index in [9.17, 15) is 4.39 Å². The number of halogens is 2. The van der Waals surface area contributed by atoms with Gasteiger partial charge in [-0.1, -0.05) is 41.4 Å². The summed E-state index contributed by atoms with van der Waals surface area (Å²) in [5, 5.41) is 4.06. The zero-order valence-electron chi connectivity index (χ0n) is 16.3. The smallest absolute Gasteiger partial charge is 0.163 e. The molecule has 1 aliphatic carbocycles. The number of hydrogen-bond donors (Lipinski definition) is 1. The molecule has 2 aromatic carbocycles. The van der Waals surface area contributed by atoms with Gasteiger partial charge >= 0.3 is 0 Å². The van der Waals surface area contributed by atoms with E-state index in [1.807, 2.05) is 6.07 Å². The Morgan fingerprint density at radius 1 is 1.11 bits per heavy atom.